The van der Waals surface area contributed by atoms with Crippen molar-refractivity contribution in [1.82, 2.24) is 20.1 Å². The van der Waals surface area contributed by atoms with Crippen molar-refractivity contribution in [3.63, 3.8) is 0 Å². The van der Waals surface area contributed by atoms with Crippen LogP contribution in [0.15, 0.2) is 48.9 Å². The molecule has 2 N–H and O–H groups in total. The van der Waals surface area contributed by atoms with Crippen molar-refractivity contribution in [2.24, 2.45) is 0 Å². The Labute approximate surface area is 159 Å². The van der Waals surface area contributed by atoms with Crippen molar-refractivity contribution >= 4 is 23.4 Å². The first-order valence-corrected chi connectivity index (χ1v) is 8.36. The number of aromatic nitrogens is 3. The van der Waals surface area contributed by atoms with Gasteiger partial charge in [-0.25, -0.2) is 4.98 Å². The Hall–Kier alpha value is -4.01. The van der Waals surface area contributed by atoms with Crippen molar-refractivity contribution in [3.05, 3.63) is 60.0 Å². The summed E-state index contributed by atoms with van der Waals surface area (Å²) in [5, 5.41) is 9.01. The second kappa shape index (κ2) is 6.95. The Bertz CT molecular complexity index is 1090. The monoisotopic (exact) mass is 377 g/mol. The van der Waals surface area contributed by atoms with Crippen LogP contribution in [-0.2, 0) is 11.3 Å². The summed E-state index contributed by atoms with van der Waals surface area (Å²) < 4.78 is 6.72. The Morgan fingerprint density at radius 1 is 1.18 bits per heavy atom. The van der Waals surface area contributed by atoms with Crippen molar-refractivity contribution in [2.75, 3.05) is 12.4 Å². The minimum Gasteiger partial charge on any atom is -0.480 e. The first-order valence-electron chi connectivity index (χ1n) is 8.36. The van der Waals surface area contributed by atoms with Crippen molar-refractivity contribution in [3.8, 4) is 17.0 Å². The molecule has 3 heterocycles. The lowest BCUT2D eigenvalue weighted by Crippen LogP contribution is -2.19. The van der Waals surface area contributed by atoms with Crippen LogP contribution in [0.2, 0.25) is 0 Å². The Morgan fingerprint density at radius 3 is 2.75 bits per heavy atom. The van der Waals surface area contributed by atoms with E-state index in [9.17, 15) is 14.4 Å². The fourth-order valence-corrected chi connectivity index (χ4v) is 2.94. The molecule has 0 bridgehead atoms. The molecule has 4 rings (SSSR count). The van der Waals surface area contributed by atoms with Crippen LogP contribution in [-0.4, -0.2) is 39.6 Å². The third kappa shape index (κ3) is 3.20. The number of hydrogen-bond acceptors (Lipinski definition) is 6. The van der Waals surface area contributed by atoms with Gasteiger partial charge in [0.25, 0.3) is 11.8 Å². The summed E-state index contributed by atoms with van der Waals surface area (Å²) in [7, 11) is 1.45. The molecule has 0 unspecified atom stereocenters. The predicted molar refractivity (Wildman–Crippen MR) is 98.9 cm³/mol. The highest BCUT2D eigenvalue weighted by molar-refractivity contribution is 6.21. The summed E-state index contributed by atoms with van der Waals surface area (Å²) in [6.45, 7) is 0.0432. The van der Waals surface area contributed by atoms with Crippen LogP contribution < -0.4 is 15.4 Å². The van der Waals surface area contributed by atoms with Crippen LogP contribution >= 0.6 is 0 Å². The van der Waals surface area contributed by atoms with Crippen molar-refractivity contribution in [1.29, 1.82) is 0 Å². The molecule has 0 saturated heterocycles. The summed E-state index contributed by atoms with van der Waals surface area (Å²) in [5.41, 5.74) is 2.37. The number of fused-ring (bicyclic) bond motifs is 1. The number of imide groups is 1. The van der Waals surface area contributed by atoms with Gasteiger partial charge in [-0.05, 0) is 29.8 Å². The van der Waals surface area contributed by atoms with Crippen molar-refractivity contribution < 1.29 is 19.1 Å². The number of nitrogens with zero attached hydrogens (tertiary/aromatic N) is 3. The lowest BCUT2D eigenvalue weighted by atomic mass is 10.0. The zero-order valence-electron chi connectivity index (χ0n) is 14.8. The molecule has 9 nitrogen and oxygen atoms in total. The minimum atomic E-state index is -0.434. The standard InChI is InChI=1S/C19H15N5O4/c1-28-19-15(22-16(25)10-24-6-2-5-21-24)8-12(9-20-19)11-3-4-13-14(7-11)18(27)23-17(13)26/h2-9H,10H2,1H3,(H,22,25)(H,23,26,27). The molecule has 0 aliphatic carbocycles. The van der Waals surface area contributed by atoms with Gasteiger partial charge in [-0.2, -0.15) is 5.10 Å². The Balaban J connectivity index is 1.63. The van der Waals surface area contributed by atoms with Crippen LogP contribution in [0.4, 0.5) is 5.69 Å². The molecule has 1 aliphatic heterocycles. The number of benzene rings is 1. The number of carbonyl (C=O) groups excluding carboxylic acids is 3. The van der Waals surface area contributed by atoms with Crippen LogP contribution in [0, 0.1) is 0 Å². The number of anilines is 1. The van der Waals surface area contributed by atoms with E-state index in [2.05, 4.69) is 20.7 Å². The van der Waals surface area contributed by atoms with Gasteiger partial charge in [0.2, 0.25) is 11.8 Å². The van der Waals surface area contributed by atoms with Crippen LogP contribution in [0.1, 0.15) is 20.7 Å². The molecule has 0 spiro atoms. The van der Waals surface area contributed by atoms with Gasteiger partial charge in [0.05, 0.1) is 18.2 Å². The maximum Gasteiger partial charge on any atom is 0.258 e. The van der Waals surface area contributed by atoms with Crippen LogP contribution in [0.3, 0.4) is 0 Å². The SMILES string of the molecule is COc1ncc(-c2ccc3c(c2)C(=O)NC3=O)cc1NC(=O)Cn1cccn1. The molecule has 3 aromatic rings. The smallest absolute Gasteiger partial charge is 0.258 e. The maximum absolute atomic E-state index is 12.3. The molecule has 2 aromatic heterocycles. The highest BCUT2D eigenvalue weighted by atomic mass is 16.5. The molecule has 28 heavy (non-hydrogen) atoms. The first-order chi connectivity index (χ1) is 13.5. The van der Waals surface area contributed by atoms with E-state index in [4.69, 9.17) is 4.74 Å². The van der Waals surface area contributed by atoms with Crippen LogP contribution in [0.5, 0.6) is 5.88 Å². The third-order valence-electron chi connectivity index (χ3n) is 4.25. The molecule has 0 atom stereocenters. The van der Waals surface area contributed by atoms with E-state index in [0.29, 0.717) is 27.9 Å². The van der Waals surface area contributed by atoms with Gasteiger partial charge in [-0.3, -0.25) is 24.4 Å². The molecule has 3 amide bonds. The lowest BCUT2D eigenvalue weighted by Gasteiger charge is -2.12. The zero-order valence-corrected chi connectivity index (χ0v) is 14.8. The number of carbonyl (C=O) groups is 3. The van der Waals surface area contributed by atoms with Gasteiger partial charge in [0.1, 0.15) is 12.2 Å². The number of ether oxygens (including phenoxy) is 1. The highest BCUT2D eigenvalue weighted by Gasteiger charge is 2.26. The van der Waals surface area contributed by atoms with Gasteiger partial charge >= 0.3 is 0 Å². The average molecular weight is 377 g/mol. The molecule has 0 fully saturated rings. The summed E-state index contributed by atoms with van der Waals surface area (Å²) in [6.07, 6.45) is 4.84. The molecule has 140 valence electrons. The number of rotatable bonds is 5. The maximum atomic E-state index is 12.3. The molecule has 1 aliphatic rings. The summed E-state index contributed by atoms with van der Waals surface area (Å²) >= 11 is 0. The molecule has 9 heteroatoms. The summed E-state index contributed by atoms with van der Waals surface area (Å²) in [4.78, 5) is 40.1. The number of nitrogens with one attached hydrogen (secondary N) is 2. The topological polar surface area (TPSA) is 115 Å². The normalized spacial score (nSPS) is 12.5. The molecule has 0 saturated carbocycles. The van der Waals surface area contributed by atoms with Crippen molar-refractivity contribution in [2.45, 2.75) is 6.54 Å². The van der Waals surface area contributed by atoms with E-state index in [0.717, 1.165) is 0 Å². The van der Waals surface area contributed by atoms with Gasteiger partial charge in [0, 0.05) is 24.2 Å². The van der Waals surface area contributed by atoms with Gasteiger partial charge in [0.15, 0.2) is 0 Å². The second-order valence-corrected chi connectivity index (χ2v) is 6.08. The zero-order chi connectivity index (χ0) is 19.7. The summed E-state index contributed by atoms with van der Waals surface area (Å²) in [6, 6.07) is 8.35. The van der Waals surface area contributed by atoms with Gasteiger partial charge in [-0.15, -0.1) is 0 Å². The highest BCUT2D eigenvalue weighted by Crippen LogP contribution is 2.30. The molecular weight excluding hydrogens is 362 g/mol. The Kier molecular flexibility index (Phi) is 4.32. The lowest BCUT2D eigenvalue weighted by molar-refractivity contribution is -0.116. The summed E-state index contributed by atoms with van der Waals surface area (Å²) in [5.74, 6) is -0.881. The molecular formula is C19H15N5O4. The van der Waals surface area contributed by atoms with Gasteiger partial charge < -0.3 is 10.1 Å². The fraction of sp³-hybridized carbons (Fsp3) is 0.105. The second-order valence-electron chi connectivity index (χ2n) is 6.08. The van der Waals surface area contributed by atoms with E-state index in [1.807, 2.05) is 0 Å². The number of hydrogen-bond donors (Lipinski definition) is 2. The first kappa shape index (κ1) is 17.4. The van der Waals surface area contributed by atoms with E-state index < -0.39 is 11.8 Å². The van der Waals surface area contributed by atoms with E-state index in [-0.39, 0.29) is 18.3 Å². The van der Waals surface area contributed by atoms with Crippen LogP contribution in [0.25, 0.3) is 11.1 Å². The minimum absolute atomic E-state index is 0.0432. The number of methoxy groups -OCH3 is 1. The van der Waals surface area contributed by atoms with E-state index in [1.54, 1.807) is 48.9 Å². The Morgan fingerprint density at radius 2 is 2.00 bits per heavy atom. The average Bonchev–Trinajstić information content (AvgIpc) is 3.29. The predicted octanol–water partition coefficient (Wildman–Crippen LogP) is 1.48. The number of pyridine rings is 1. The van der Waals surface area contributed by atoms with E-state index in [1.165, 1.54) is 11.8 Å². The fourth-order valence-electron chi connectivity index (χ4n) is 2.94. The third-order valence-corrected chi connectivity index (χ3v) is 4.25. The number of amides is 3. The molecule has 0 radical (unpaired) electrons. The van der Waals surface area contributed by atoms with E-state index >= 15 is 0 Å². The quantitative estimate of drug-likeness (QED) is 0.651. The van der Waals surface area contributed by atoms with Gasteiger partial charge in [-0.1, -0.05) is 6.07 Å². The largest absolute Gasteiger partial charge is 0.480 e. The molecule has 1 aromatic carbocycles.